The van der Waals surface area contributed by atoms with Gasteiger partial charge in [0.2, 0.25) is 0 Å². The highest BCUT2D eigenvalue weighted by atomic mass is 79.9. The van der Waals surface area contributed by atoms with Gasteiger partial charge in [0.05, 0.1) is 13.5 Å². The Balaban J connectivity index is 2.70. The van der Waals surface area contributed by atoms with Gasteiger partial charge in [-0.2, -0.15) is 0 Å². The molecule has 15 heavy (non-hydrogen) atoms. The van der Waals surface area contributed by atoms with Gasteiger partial charge in [-0.3, -0.25) is 9.63 Å². The molecule has 0 atom stereocenters. The van der Waals surface area contributed by atoms with Crippen molar-refractivity contribution in [1.29, 1.82) is 0 Å². The lowest BCUT2D eigenvalue weighted by atomic mass is 10.2. The van der Waals surface area contributed by atoms with Crippen molar-refractivity contribution in [2.75, 3.05) is 13.7 Å². The van der Waals surface area contributed by atoms with Crippen molar-refractivity contribution >= 4 is 21.8 Å². The highest BCUT2D eigenvalue weighted by Gasteiger charge is 2.13. The minimum absolute atomic E-state index is 0.0753. The number of pyridine rings is 1. The molecule has 1 heterocycles. The van der Waals surface area contributed by atoms with Crippen LogP contribution in [0.25, 0.3) is 0 Å². The Kier molecular flexibility index (Phi) is 4.71. The molecule has 0 aromatic carbocycles. The zero-order valence-electron chi connectivity index (χ0n) is 8.74. The Bertz CT molecular complexity index is 340. The monoisotopic (exact) mass is 272 g/mol. The quantitative estimate of drug-likeness (QED) is 0.620. The number of amides is 1. The smallest absolute Gasteiger partial charge is 0.250 e. The summed E-state index contributed by atoms with van der Waals surface area (Å²) < 4.78 is 0.700. The molecule has 4 nitrogen and oxygen atoms in total. The molecule has 1 aromatic heterocycles. The zero-order valence-corrected chi connectivity index (χ0v) is 10.3. The van der Waals surface area contributed by atoms with E-state index in [0.29, 0.717) is 11.1 Å². The van der Waals surface area contributed by atoms with Crippen molar-refractivity contribution in [1.82, 2.24) is 10.0 Å². The maximum Gasteiger partial charge on any atom is 0.250 e. The van der Waals surface area contributed by atoms with Crippen LogP contribution >= 0.6 is 15.9 Å². The fourth-order valence-electron chi connectivity index (χ4n) is 1.21. The molecule has 0 radical (unpaired) electrons. The van der Waals surface area contributed by atoms with Crippen LogP contribution in [0.4, 0.5) is 0 Å². The minimum Gasteiger partial charge on any atom is -0.274 e. The molecule has 0 saturated heterocycles. The van der Waals surface area contributed by atoms with Gasteiger partial charge in [0, 0.05) is 12.7 Å². The van der Waals surface area contributed by atoms with E-state index in [0.717, 1.165) is 5.56 Å². The Morgan fingerprint density at radius 2 is 2.40 bits per heavy atom. The third-order valence-corrected chi connectivity index (χ3v) is 2.68. The van der Waals surface area contributed by atoms with E-state index in [1.807, 2.05) is 13.0 Å². The number of rotatable bonds is 4. The van der Waals surface area contributed by atoms with Gasteiger partial charge in [-0.1, -0.05) is 6.07 Å². The van der Waals surface area contributed by atoms with Crippen LogP contribution in [0.15, 0.2) is 22.9 Å². The molecule has 1 amide bonds. The summed E-state index contributed by atoms with van der Waals surface area (Å²) in [4.78, 5) is 20.6. The topological polar surface area (TPSA) is 42.4 Å². The van der Waals surface area contributed by atoms with Gasteiger partial charge in [0.1, 0.15) is 4.60 Å². The van der Waals surface area contributed by atoms with E-state index in [1.54, 1.807) is 12.3 Å². The fraction of sp³-hybridized carbons (Fsp3) is 0.400. The van der Waals surface area contributed by atoms with E-state index in [1.165, 1.54) is 12.2 Å². The minimum atomic E-state index is -0.0753. The normalized spacial score (nSPS) is 10.1. The highest BCUT2D eigenvalue weighted by Crippen LogP contribution is 2.13. The molecule has 0 saturated carbocycles. The van der Waals surface area contributed by atoms with Gasteiger partial charge in [-0.25, -0.2) is 10.0 Å². The third-order valence-electron chi connectivity index (χ3n) is 1.96. The molecule has 1 rings (SSSR count). The number of nitrogens with zero attached hydrogens (tertiary/aromatic N) is 2. The van der Waals surface area contributed by atoms with Crippen molar-refractivity contribution < 1.29 is 9.63 Å². The first-order valence-corrected chi connectivity index (χ1v) is 5.42. The van der Waals surface area contributed by atoms with E-state index in [2.05, 4.69) is 20.9 Å². The lowest BCUT2D eigenvalue weighted by Gasteiger charge is -2.17. The highest BCUT2D eigenvalue weighted by molar-refractivity contribution is 9.10. The number of hydrogen-bond donors (Lipinski definition) is 0. The summed E-state index contributed by atoms with van der Waals surface area (Å²) >= 11 is 3.30. The number of carbonyl (C=O) groups excluding carboxylic acids is 1. The summed E-state index contributed by atoms with van der Waals surface area (Å²) in [7, 11) is 1.49. The molecular weight excluding hydrogens is 260 g/mol. The summed E-state index contributed by atoms with van der Waals surface area (Å²) in [6.45, 7) is 2.40. The fourth-order valence-corrected chi connectivity index (χ4v) is 1.60. The standard InChI is InChI=1S/C10H13BrN2O2/c1-3-13(15-2)9(14)7-8-5-4-6-12-10(8)11/h4-6H,3,7H2,1-2H3. The van der Waals surface area contributed by atoms with Crippen molar-refractivity contribution in [3.8, 4) is 0 Å². The average Bonchev–Trinajstić information content (AvgIpc) is 2.23. The van der Waals surface area contributed by atoms with Crippen molar-refractivity contribution in [3.05, 3.63) is 28.5 Å². The van der Waals surface area contributed by atoms with Gasteiger partial charge in [0.15, 0.2) is 0 Å². The van der Waals surface area contributed by atoms with Gasteiger partial charge < -0.3 is 0 Å². The molecule has 82 valence electrons. The Labute approximate surface area is 97.3 Å². The van der Waals surface area contributed by atoms with Crippen LogP contribution in [-0.4, -0.2) is 29.6 Å². The predicted molar refractivity (Wildman–Crippen MR) is 60.0 cm³/mol. The van der Waals surface area contributed by atoms with Gasteiger partial charge in [0.25, 0.3) is 5.91 Å². The lowest BCUT2D eigenvalue weighted by molar-refractivity contribution is -0.174. The molecule has 0 spiro atoms. The average molecular weight is 273 g/mol. The Hall–Kier alpha value is -0.940. The predicted octanol–water partition coefficient (Wildman–Crippen LogP) is 1.80. The Morgan fingerprint density at radius 3 is 2.93 bits per heavy atom. The van der Waals surface area contributed by atoms with E-state index in [9.17, 15) is 4.79 Å². The molecule has 0 aliphatic heterocycles. The van der Waals surface area contributed by atoms with Crippen LogP contribution in [-0.2, 0) is 16.1 Å². The van der Waals surface area contributed by atoms with Crippen molar-refractivity contribution in [2.45, 2.75) is 13.3 Å². The van der Waals surface area contributed by atoms with E-state index >= 15 is 0 Å². The summed E-state index contributed by atoms with van der Waals surface area (Å²) in [5.74, 6) is -0.0753. The largest absolute Gasteiger partial charge is 0.274 e. The second kappa shape index (κ2) is 5.82. The van der Waals surface area contributed by atoms with Gasteiger partial charge in [-0.05, 0) is 34.5 Å². The molecule has 1 aromatic rings. The number of hydrogen-bond acceptors (Lipinski definition) is 3. The van der Waals surface area contributed by atoms with Crippen LogP contribution in [0.2, 0.25) is 0 Å². The van der Waals surface area contributed by atoms with Gasteiger partial charge >= 0.3 is 0 Å². The number of likely N-dealkylation sites (N-methyl/N-ethyl adjacent to an activating group) is 1. The molecule has 0 bridgehead atoms. The lowest BCUT2D eigenvalue weighted by Crippen LogP contribution is -2.31. The van der Waals surface area contributed by atoms with E-state index < -0.39 is 0 Å². The summed E-state index contributed by atoms with van der Waals surface area (Å²) in [5, 5.41) is 1.32. The van der Waals surface area contributed by atoms with Crippen molar-refractivity contribution in [3.63, 3.8) is 0 Å². The SMILES string of the molecule is CCN(OC)C(=O)Cc1cccnc1Br. The maximum atomic E-state index is 11.7. The number of halogens is 1. The number of hydroxylamine groups is 2. The molecule has 0 aliphatic rings. The summed E-state index contributed by atoms with van der Waals surface area (Å²) in [6, 6.07) is 3.66. The molecule has 0 unspecified atom stereocenters. The van der Waals surface area contributed by atoms with Crippen LogP contribution in [0.3, 0.4) is 0 Å². The molecule has 0 N–H and O–H groups in total. The van der Waals surface area contributed by atoms with Crippen LogP contribution in [0, 0.1) is 0 Å². The van der Waals surface area contributed by atoms with E-state index in [4.69, 9.17) is 4.84 Å². The Morgan fingerprint density at radius 1 is 1.67 bits per heavy atom. The molecule has 0 fully saturated rings. The second-order valence-corrected chi connectivity index (χ2v) is 3.65. The van der Waals surface area contributed by atoms with Crippen LogP contribution in [0.1, 0.15) is 12.5 Å². The van der Waals surface area contributed by atoms with Crippen LogP contribution < -0.4 is 0 Å². The third kappa shape index (κ3) is 3.28. The maximum absolute atomic E-state index is 11.7. The molecular formula is C10H13BrN2O2. The first-order valence-electron chi connectivity index (χ1n) is 4.63. The van der Waals surface area contributed by atoms with Crippen molar-refractivity contribution in [2.24, 2.45) is 0 Å². The first kappa shape index (κ1) is 12.1. The number of aromatic nitrogens is 1. The zero-order chi connectivity index (χ0) is 11.3. The van der Waals surface area contributed by atoms with Crippen LogP contribution in [0.5, 0.6) is 0 Å². The van der Waals surface area contributed by atoms with Gasteiger partial charge in [-0.15, -0.1) is 0 Å². The molecule has 0 aliphatic carbocycles. The molecule has 5 heteroatoms. The van der Waals surface area contributed by atoms with E-state index in [-0.39, 0.29) is 12.3 Å². The summed E-state index contributed by atoms with van der Waals surface area (Å²) in [5.41, 5.74) is 0.859. The first-order chi connectivity index (χ1) is 7.19. The summed E-state index contributed by atoms with van der Waals surface area (Å²) in [6.07, 6.45) is 1.96. The second-order valence-electron chi connectivity index (χ2n) is 2.90. The number of carbonyl (C=O) groups is 1.